The van der Waals surface area contributed by atoms with Crippen molar-refractivity contribution in [3.05, 3.63) is 35.7 Å². The Bertz CT molecular complexity index is 783. The molecule has 2 heterocycles. The third-order valence-corrected chi connectivity index (χ3v) is 5.28. The van der Waals surface area contributed by atoms with Crippen LogP contribution in [0.25, 0.3) is 11.1 Å². The maximum absolute atomic E-state index is 13.1. The Labute approximate surface area is 151 Å². The summed E-state index contributed by atoms with van der Waals surface area (Å²) in [6, 6.07) is 5.99. The van der Waals surface area contributed by atoms with E-state index in [1.54, 1.807) is 0 Å². The molecule has 6 nitrogen and oxygen atoms in total. The number of halogens is 3. The van der Waals surface area contributed by atoms with E-state index >= 15 is 0 Å². The number of aliphatic hydroxyl groups is 3. The highest BCUT2D eigenvalue weighted by Gasteiger charge is 2.39. The Hall–Kier alpha value is -1.75. The molecule has 26 heavy (non-hydrogen) atoms. The number of rotatable bonds is 3. The zero-order valence-corrected chi connectivity index (χ0v) is 14.4. The van der Waals surface area contributed by atoms with Crippen molar-refractivity contribution in [3.63, 3.8) is 0 Å². The first-order chi connectivity index (χ1) is 12.2. The minimum absolute atomic E-state index is 0.0738. The molecule has 1 fully saturated rings. The molecule has 4 N–H and O–H groups in total. The van der Waals surface area contributed by atoms with E-state index in [0.29, 0.717) is 0 Å². The number of hydrogen-bond donors (Lipinski definition) is 4. The summed E-state index contributed by atoms with van der Waals surface area (Å²) < 4.78 is 45.1. The molecule has 3 rings (SSSR count). The second-order valence-electron chi connectivity index (χ2n) is 5.97. The molecular weight excluding hydrogens is 373 g/mol. The molecule has 2 aromatic rings. The van der Waals surface area contributed by atoms with Gasteiger partial charge in [-0.05, 0) is 24.6 Å². The van der Waals surface area contributed by atoms with Crippen LogP contribution in [0.3, 0.4) is 0 Å². The second-order valence-corrected chi connectivity index (χ2v) is 7.10. The van der Waals surface area contributed by atoms with Crippen LogP contribution in [-0.4, -0.2) is 55.0 Å². The van der Waals surface area contributed by atoms with Gasteiger partial charge in [0.05, 0.1) is 6.10 Å². The number of aromatic nitrogens is 2. The van der Waals surface area contributed by atoms with Crippen molar-refractivity contribution in [1.29, 1.82) is 0 Å². The fourth-order valence-corrected chi connectivity index (χ4v) is 3.85. The van der Waals surface area contributed by atoms with E-state index < -0.39 is 35.6 Å². The quantitative estimate of drug-likeness (QED) is 0.639. The highest BCUT2D eigenvalue weighted by molar-refractivity contribution is 7.99. The Morgan fingerprint density at radius 3 is 2.65 bits per heavy atom. The summed E-state index contributed by atoms with van der Waals surface area (Å²) in [6.07, 6.45) is -8.35. The Morgan fingerprint density at radius 1 is 1.23 bits per heavy atom. The third-order valence-electron chi connectivity index (χ3n) is 4.04. The van der Waals surface area contributed by atoms with Crippen molar-refractivity contribution >= 4 is 11.8 Å². The van der Waals surface area contributed by atoms with Gasteiger partial charge in [0, 0.05) is 17.0 Å². The number of H-pyrrole nitrogens is 1. The number of aromatic amines is 1. The summed E-state index contributed by atoms with van der Waals surface area (Å²) in [7, 11) is 0. The van der Waals surface area contributed by atoms with Crippen LogP contribution in [0.2, 0.25) is 0 Å². The van der Waals surface area contributed by atoms with Crippen LogP contribution in [0.15, 0.2) is 24.3 Å². The molecule has 0 saturated carbocycles. The zero-order valence-electron chi connectivity index (χ0n) is 13.6. The monoisotopic (exact) mass is 390 g/mol. The summed E-state index contributed by atoms with van der Waals surface area (Å²) in [4.78, 5) is 0. The summed E-state index contributed by atoms with van der Waals surface area (Å²) in [5.41, 5.74) is -1.42. The fraction of sp³-hybridized carbons (Fsp3) is 0.438. The molecule has 0 radical (unpaired) electrons. The first kappa shape index (κ1) is 19.0. The lowest BCUT2D eigenvalue weighted by atomic mass is 10.0. The number of nitrogens with zero attached hydrogens (tertiary/aromatic N) is 1. The van der Waals surface area contributed by atoms with Crippen LogP contribution >= 0.6 is 11.8 Å². The van der Waals surface area contributed by atoms with E-state index in [1.807, 2.05) is 0 Å². The Kier molecular flexibility index (Phi) is 5.20. The molecule has 1 aliphatic heterocycles. The molecule has 0 unspecified atom stereocenters. The van der Waals surface area contributed by atoms with Gasteiger partial charge in [-0.15, -0.1) is 11.8 Å². The van der Waals surface area contributed by atoms with Crippen LogP contribution in [-0.2, 0) is 6.18 Å². The lowest BCUT2D eigenvalue weighted by Crippen LogP contribution is -2.50. The largest absolute Gasteiger partial charge is 0.477 e. The van der Waals surface area contributed by atoms with Gasteiger partial charge in [-0.3, -0.25) is 5.10 Å². The average molecular weight is 390 g/mol. The Morgan fingerprint density at radius 2 is 1.96 bits per heavy atom. The molecule has 1 saturated heterocycles. The van der Waals surface area contributed by atoms with Gasteiger partial charge in [-0.1, -0.05) is 12.1 Å². The van der Waals surface area contributed by atoms with Crippen LogP contribution in [0.1, 0.15) is 11.4 Å². The molecule has 1 aliphatic rings. The lowest BCUT2D eigenvalue weighted by molar-refractivity contribution is -0.140. The van der Waals surface area contributed by atoms with Crippen LogP contribution < -0.4 is 4.74 Å². The maximum Gasteiger partial charge on any atom is 0.435 e. The first-order valence-corrected chi connectivity index (χ1v) is 8.78. The molecular formula is C16H17F3N2O4S. The van der Waals surface area contributed by atoms with E-state index in [-0.39, 0.29) is 28.3 Å². The van der Waals surface area contributed by atoms with E-state index in [4.69, 9.17) is 4.74 Å². The standard InChI is InChI=1S/C16H17F3N2O4S/c1-7-11(14(21-20-7)16(17,18)19)8-3-2-4-9(5-8)25-15-13(24)12(23)10(22)6-26-15/h2-5,10,12-13,15,22-24H,6H2,1H3,(H,20,21)/t10-,12+,13-,15-/m1/s1. The van der Waals surface area contributed by atoms with Crippen LogP contribution in [0, 0.1) is 6.92 Å². The van der Waals surface area contributed by atoms with Gasteiger partial charge >= 0.3 is 6.18 Å². The smallest absolute Gasteiger partial charge is 0.435 e. The number of thioether (sulfide) groups is 1. The molecule has 142 valence electrons. The molecule has 1 aromatic carbocycles. The van der Waals surface area contributed by atoms with Crippen LogP contribution in [0.4, 0.5) is 13.2 Å². The SMILES string of the molecule is Cc1[nH]nc(C(F)(F)F)c1-c1cccc(O[C@@H]2SC[C@@H](O)[C@H](O)[C@H]2O)c1. The number of ether oxygens (including phenoxy) is 1. The fourth-order valence-electron chi connectivity index (χ4n) is 2.73. The first-order valence-electron chi connectivity index (χ1n) is 7.73. The lowest BCUT2D eigenvalue weighted by Gasteiger charge is -2.34. The number of alkyl halides is 3. The van der Waals surface area contributed by atoms with Gasteiger partial charge in [0.2, 0.25) is 0 Å². The van der Waals surface area contributed by atoms with Gasteiger partial charge in [-0.2, -0.15) is 18.3 Å². The summed E-state index contributed by atoms with van der Waals surface area (Å²) in [5.74, 6) is 0.401. The van der Waals surface area contributed by atoms with Crippen molar-refractivity contribution in [2.75, 3.05) is 5.75 Å². The maximum atomic E-state index is 13.1. The van der Waals surface area contributed by atoms with E-state index in [2.05, 4.69) is 10.2 Å². The topological polar surface area (TPSA) is 98.6 Å². The molecule has 4 atom stereocenters. The van der Waals surface area contributed by atoms with Gasteiger partial charge in [-0.25, -0.2) is 0 Å². The highest BCUT2D eigenvalue weighted by atomic mass is 32.2. The average Bonchev–Trinajstić information content (AvgIpc) is 2.98. The number of nitrogens with one attached hydrogen (secondary N) is 1. The third kappa shape index (κ3) is 3.68. The minimum Gasteiger partial charge on any atom is -0.477 e. The van der Waals surface area contributed by atoms with Crippen molar-refractivity contribution < 1.29 is 33.2 Å². The number of aliphatic hydroxyl groups excluding tert-OH is 3. The summed E-state index contributed by atoms with van der Waals surface area (Å²) in [6.45, 7) is 1.49. The molecule has 0 aliphatic carbocycles. The number of aryl methyl sites for hydroxylation is 1. The molecule has 0 amide bonds. The molecule has 0 bridgehead atoms. The van der Waals surface area contributed by atoms with Gasteiger partial charge in [0.1, 0.15) is 18.0 Å². The van der Waals surface area contributed by atoms with E-state index in [0.717, 1.165) is 11.8 Å². The van der Waals surface area contributed by atoms with Gasteiger partial charge < -0.3 is 20.1 Å². The predicted octanol–water partition coefficient (Wildman–Crippen LogP) is 1.94. The van der Waals surface area contributed by atoms with Gasteiger partial charge in [0.15, 0.2) is 11.1 Å². The number of benzene rings is 1. The summed E-state index contributed by atoms with van der Waals surface area (Å²) in [5, 5.41) is 35.0. The number of hydrogen-bond acceptors (Lipinski definition) is 6. The second kappa shape index (κ2) is 7.10. The molecule has 10 heteroatoms. The van der Waals surface area contributed by atoms with Gasteiger partial charge in [0.25, 0.3) is 0 Å². The normalized spacial score (nSPS) is 26.7. The zero-order chi connectivity index (χ0) is 19.1. The molecule has 1 aromatic heterocycles. The van der Waals surface area contributed by atoms with Crippen molar-refractivity contribution in [1.82, 2.24) is 10.2 Å². The predicted molar refractivity (Wildman–Crippen MR) is 88.7 cm³/mol. The van der Waals surface area contributed by atoms with E-state index in [1.165, 1.54) is 31.2 Å². The molecule has 0 spiro atoms. The minimum atomic E-state index is -4.60. The van der Waals surface area contributed by atoms with Crippen molar-refractivity contribution in [3.8, 4) is 16.9 Å². The van der Waals surface area contributed by atoms with Crippen LogP contribution in [0.5, 0.6) is 5.75 Å². The summed E-state index contributed by atoms with van der Waals surface area (Å²) >= 11 is 1.11. The highest BCUT2D eigenvalue weighted by Crippen LogP contribution is 2.38. The van der Waals surface area contributed by atoms with Crippen molar-refractivity contribution in [2.24, 2.45) is 0 Å². The Balaban J connectivity index is 1.87. The van der Waals surface area contributed by atoms with E-state index in [9.17, 15) is 28.5 Å². The van der Waals surface area contributed by atoms with Crippen molar-refractivity contribution in [2.45, 2.75) is 36.8 Å².